The van der Waals surface area contributed by atoms with Crippen LogP contribution in [-0.2, 0) is 4.74 Å². The number of rotatable bonds is 4. The first-order valence-corrected chi connectivity index (χ1v) is 5.87. The Morgan fingerprint density at radius 3 is 2.35 bits per heavy atom. The van der Waals surface area contributed by atoms with Gasteiger partial charge in [0, 0.05) is 6.04 Å². The number of alkyl carbamates (subject to hydrolysis) is 1. The van der Waals surface area contributed by atoms with Crippen LogP contribution in [0.1, 0.15) is 40.0 Å². The number of hydrogen-bond acceptors (Lipinski definition) is 2. The Bertz CT molecular complexity index is 227. The van der Waals surface area contributed by atoms with Crippen molar-refractivity contribution < 1.29 is 22.7 Å². The summed E-state index contributed by atoms with van der Waals surface area (Å²) >= 11 is 0. The molecule has 1 fully saturated rings. The molecule has 6 heteroatoms. The third-order valence-electron chi connectivity index (χ3n) is 2.11. The SMILES string of the molecule is CC.CC(CC1CC1)NC(=O)OCC(F)(F)F. The zero-order valence-electron chi connectivity index (χ0n) is 10.4. The number of hydrogen-bond donors (Lipinski definition) is 1. The van der Waals surface area contributed by atoms with E-state index in [0.29, 0.717) is 5.92 Å². The highest BCUT2D eigenvalue weighted by Gasteiger charge is 2.30. The minimum Gasteiger partial charge on any atom is -0.440 e. The molecule has 0 aromatic rings. The van der Waals surface area contributed by atoms with Crippen LogP contribution in [0.4, 0.5) is 18.0 Å². The molecule has 1 aliphatic carbocycles. The average molecular weight is 255 g/mol. The van der Waals surface area contributed by atoms with E-state index in [0.717, 1.165) is 19.3 Å². The van der Waals surface area contributed by atoms with Gasteiger partial charge in [-0.3, -0.25) is 0 Å². The summed E-state index contributed by atoms with van der Waals surface area (Å²) in [6.07, 6.45) is -2.37. The predicted molar refractivity (Wildman–Crippen MR) is 58.7 cm³/mol. The van der Waals surface area contributed by atoms with Crippen LogP contribution in [0.25, 0.3) is 0 Å². The second-order valence-corrected chi connectivity index (χ2v) is 3.92. The van der Waals surface area contributed by atoms with E-state index in [1.807, 2.05) is 13.8 Å². The summed E-state index contributed by atoms with van der Waals surface area (Å²) in [5.74, 6) is 0.614. The van der Waals surface area contributed by atoms with E-state index in [4.69, 9.17) is 0 Å². The standard InChI is InChI=1S/C9H14F3NO2.C2H6/c1-6(4-7-2-3-7)13-8(14)15-5-9(10,11)12;1-2/h6-7H,2-5H2,1H3,(H,13,14);1-2H3. The lowest BCUT2D eigenvalue weighted by Crippen LogP contribution is -2.35. The van der Waals surface area contributed by atoms with E-state index < -0.39 is 18.9 Å². The number of halogens is 3. The van der Waals surface area contributed by atoms with Gasteiger partial charge in [0.25, 0.3) is 0 Å². The molecule has 102 valence electrons. The van der Waals surface area contributed by atoms with Crippen molar-refractivity contribution in [3.8, 4) is 0 Å². The number of alkyl halides is 3. The first-order chi connectivity index (χ1) is 7.87. The highest BCUT2D eigenvalue weighted by molar-refractivity contribution is 5.67. The van der Waals surface area contributed by atoms with Crippen LogP contribution >= 0.6 is 0 Å². The zero-order valence-corrected chi connectivity index (χ0v) is 10.4. The van der Waals surface area contributed by atoms with Gasteiger partial charge < -0.3 is 10.1 Å². The van der Waals surface area contributed by atoms with Crippen LogP contribution in [0.3, 0.4) is 0 Å². The number of carbonyl (C=O) groups is 1. The molecule has 0 heterocycles. The van der Waals surface area contributed by atoms with Crippen LogP contribution in [0, 0.1) is 5.92 Å². The van der Waals surface area contributed by atoms with Crippen molar-refractivity contribution in [3.63, 3.8) is 0 Å². The smallest absolute Gasteiger partial charge is 0.422 e. The number of ether oxygens (including phenoxy) is 1. The summed E-state index contributed by atoms with van der Waals surface area (Å²) in [5.41, 5.74) is 0. The van der Waals surface area contributed by atoms with Crippen molar-refractivity contribution in [2.75, 3.05) is 6.61 Å². The lowest BCUT2D eigenvalue weighted by molar-refractivity contribution is -0.160. The maximum Gasteiger partial charge on any atom is 0.422 e. The van der Waals surface area contributed by atoms with Gasteiger partial charge in [-0.15, -0.1) is 0 Å². The van der Waals surface area contributed by atoms with Crippen molar-refractivity contribution >= 4 is 6.09 Å². The van der Waals surface area contributed by atoms with E-state index >= 15 is 0 Å². The molecule has 0 radical (unpaired) electrons. The summed E-state index contributed by atoms with van der Waals surface area (Å²) in [6, 6.07) is -0.127. The molecule has 17 heavy (non-hydrogen) atoms. The summed E-state index contributed by atoms with van der Waals surface area (Å²) in [7, 11) is 0. The molecule has 1 amide bonds. The van der Waals surface area contributed by atoms with Gasteiger partial charge in [-0.05, 0) is 19.3 Å². The Kier molecular flexibility index (Phi) is 6.99. The van der Waals surface area contributed by atoms with Crippen molar-refractivity contribution in [2.24, 2.45) is 5.92 Å². The quantitative estimate of drug-likeness (QED) is 0.835. The zero-order chi connectivity index (χ0) is 13.5. The number of nitrogens with one attached hydrogen (secondary N) is 1. The van der Waals surface area contributed by atoms with E-state index in [9.17, 15) is 18.0 Å². The highest BCUT2D eigenvalue weighted by atomic mass is 19.4. The second-order valence-electron chi connectivity index (χ2n) is 3.92. The van der Waals surface area contributed by atoms with Gasteiger partial charge in [-0.25, -0.2) is 4.79 Å². The number of amides is 1. The molecule has 0 aromatic carbocycles. The maximum absolute atomic E-state index is 11.7. The van der Waals surface area contributed by atoms with Gasteiger partial charge >= 0.3 is 12.3 Å². The van der Waals surface area contributed by atoms with Crippen molar-refractivity contribution in [3.05, 3.63) is 0 Å². The van der Waals surface area contributed by atoms with Crippen molar-refractivity contribution in [1.82, 2.24) is 5.32 Å². The molecule has 3 nitrogen and oxygen atoms in total. The van der Waals surface area contributed by atoms with Crippen LogP contribution in [0.15, 0.2) is 0 Å². The van der Waals surface area contributed by atoms with Crippen LogP contribution < -0.4 is 5.32 Å². The van der Waals surface area contributed by atoms with Gasteiger partial charge in [0.2, 0.25) is 0 Å². The van der Waals surface area contributed by atoms with E-state index in [-0.39, 0.29) is 6.04 Å². The molecule has 0 aromatic heterocycles. The van der Waals surface area contributed by atoms with Crippen LogP contribution in [0.2, 0.25) is 0 Å². The summed E-state index contributed by atoms with van der Waals surface area (Å²) in [5, 5.41) is 2.36. The fourth-order valence-corrected chi connectivity index (χ4v) is 1.30. The first-order valence-electron chi connectivity index (χ1n) is 5.87. The molecule has 1 saturated carbocycles. The van der Waals surface area contributed by atoms with Gasteiger partial charge in [0.05, 0.1) is 0 Å². The van der Waals surface area contributed by atoms with E-state index in [2.05, 4.69) is 10.1 Å². The minimum atomic E-state index is -4.46. The molecule has 1 aliphatic rings. The van der Waals surface area contributed by atoms with E-state index in [1.54, 1.807) is 6.92 Å². The second kappa shape index (κ2) is 7.40. The summed E-state index contributed by atoms with van der Waals surface area (Å²) < 4.78 is 39.0. The number of carbonyl (C=O) groups excluding carboxylic acids is 1. The molecule has 0 spiro atoms. The summed E-state index contributed by atoms with van der Waals surface area (Å²) in [4.78, 5) is 10.9. The molecular weight excluding hydrogens is 235 g/mol. The predicted octanol–water partition coefficient (Wildman–Crippen LogP) is 3.49. The van der Waals surface area contributed by atoms with Crippen LogP contribution in [0.5, 0.6) is 0 Å². The molecule has 1 rings (SSSR count). The van der Waals surface area contributed by atoms with Gasteiger partial charge in [-0.2, -0.15) is 13.2 Å². The molecule has 1 N–H and O–H groups in total. The molecular formula is C11H20F3NO2. The van der Waals surface area contributed by atoms with Crippen molar-refractivity contribution in [1.29, 1.82) is 0 Å². The third kappa shape index (κ3) is 9.96. The Hall–Kier alpha value is -0.940. The van der Waals surface area contributed by atoms with E-state index in [1.165, 1.54) is 0 Å². The molecule has 0 bridgehead atoms. The fraction of sp³-hybridized carbons (Fsp3) is 0.909. The lowest BCUT2D eigenvalue weighted by Gasteiger charge is -2.14. The fourth-order valence-electron chi connectivity index (χ4n) is 1.30. The molecule has 0 saturated heterocycles. The Balaban J connectivity index is 0.00000121. The third-order valence-corrected chi connectivity index (χ3v) is 2.11. The van der Waals surface area contributed by atoms with Gasteiger partial charge in [-0.1, -0.05) is 26.7 Å². The first kappa shape index (κ1) is 16.1. The topological polar surface area (TPSA) is 38.3 Å². The molecule has 1 unspecified atom stereocenters. The largest absolute Gasteiger partial charge is 0.440 e. The maximum atomic E-state index is 11.7. The average Bonchev–Trinajstić information content (AvgIpc) is 3.00. The molecule has 0 aliphatic heterocycles. The minimum absolute atomic E-state index is 0.127. The van der Waals surface area contributed by atoms with Gasteiger partial charge in [0.15, 0.2) is 6.61 Å². The summed E-state index contributed by atoms with van der Waals surface area (Å²) in [6.45, 7) is 4.22. The Labute approximate surface area is 99.7 Å². The normalized spacial score (nSPS) is 16.6. The van der Waals surface area contributed by atoms with Crippen LogP contribution in [-0.4, -0.2) is 24.9 Å². The lowest BCUT2D eigenvalue weighted by atomic mass is 10.2. The molecule has 1 atom stereocenters. The Morgan fingerprint density at radius 2 is 1.94 bits per heavy atom. The Morgan fingerprint density at radius 1 is 1.41 bits per heavy atom. The van der Waals surface area contributed by atoms with Gasteiger partial charge in [0.1, 0.15) is 0 Å². The van der Waals surface area contributed by atoms with Crippen molar-refractivity contribution in [2.45, 2.75) is 52.3 Å². The highest BCUT2D eigenvalue weighted by Crippen LogP contribution is 2.33. The monoisotopic (exact) mass is 255 g/mol.